The lowest BCUT2D eigenvalue weighted by molar-refractivity contribution is -0.141. The van der Waals surface area contributed by atoms with Crippen molar-refractivity contribution in [1.82, 2.24) is 4.98 Å². The van der Waals surface area contributed by atoms with E-state index in [1.165, 1.54) is 12.1 Å². The summed E-state index contributed by atoms with van der Waals surface area (Å²) in [6.45, 7) is 5.76. The van der Waals surface area contributed by atoms with Gasteiger partial charge in [0.1, 0.15) is 11.5 Å². The van der Waals surface area contributed by atoms with E-state index in [1.807, 2.05) is 0 Å². The van der Waals surface area contributed by atoms with Crippen molar-refractivity contribution < 1.29 is 17.9 Å². The van der Waals surface area contributed by atoms with Crippen LogP contribution in [0.15, 0.2) is 18.2 Å². The molecule has 0 radical (unpaired) electrons. The predicted molar refractivity (Wildman–Crippen MR) is 68.0 cm³/mol. The molecule has 0 aliphatic heterocycles. The van der Waals surface area contributed by atoms with Crippen LogP contribution in [0, 0.1) is 5.92 Å². The maximum absolute atomic E-state index is 12.4. The number of halogens is 3. The van der Waals surface area contributed by atoms with E-state index < -0.39 is 11.9 Å². The topological polar surface area (TPSA) is 34.1 Å². The molecular weight excluding hydrogens is 257 g/mol. The van der Waals surface area contributed by atoms with Gasteiger partial charge in [-0.2, -0.15) is 13.2 Å². The molecule has 0 atom stereocenters. The number of hydrogen-bond donors (Lipinski definition) is 1. The first-order valence-corrected chi connectivity index (χ1v) is 6.25. The minimum Gasteiger partial charge on any atom is -0.380 e. The second kappa shape index (κ2) is 7.33. The van der Waals surface area contributed by atoms with Gasteiger partial charge in [-0.05, 0) is 24.5 Å². The summed E-state index contributed by atoms with van der Waals surface area (Å²) in [6.07, 6.45) is -3.44. The Kier molecular flexibility index (Phi) is 6.08. The number of rotatable bonds is 7. The number of alkyl halides is 3. The summed E-state index contributed by atoms with van der Waals surface area (Å²) in [7, 11) is 0. The molecule has 0 saturated heterocycles. The fourth-order valence-electron chi connectivity index (χ4n) is 1.36. The average molecular weight is 276 g/mol. The second-order valence-corrected chi connectivity index (χ2v) is 4.63. The van der Waals surface area contributed by atoms with Gasteiger partial charge < -0.3 is 10.1 Å². The zero-order valence-corrected chi connectivity index (χ0v) is 11.1. The van der Waals surface area contributed by atoms with E-state index in [2.05, 4.69) is 24.1 Å². The summed E-state index contributed by atoms with van der Waals surface area (Å²) in [5.41, 5.74) is -0.891. The van der Waals surface area contributed by atoms with Crippen LogP contribution in [-0.2, 0) is 10.9 Å². The molecule has 1 heterocycles. The summed E-state index contributed by atoms with van der Waals surface area (Å²) in [5, 5.41) is 2.81. The maximum atomic E-state index is 12.4. The van der Waals surface area contributed by atoms with Gasteiger partial charge in [0.25, 0.3) is 0 Å². The summed E-state index contributed by atoms with van der Waals surface area (Å²) in [4.78, 5) is 3.50. The number of anilines is 1. The van der Waals surface area contributed by atoms with E-state index in [0.29, 0.717) is 25.7 Å². The van der Waals surface area contributed by atoms with Crippen molar-refractivity contribution in [2.45, 2.75) is 26.4 Å². The summed E-state index contributed by atoms with van der Waals surface area (Å²) >= 11 is 0. The number of nitrogens with one attached hydrogen (secondary N) is 1. The lowest BCUT2D eigenvalue weighted by atomic mass is 10.1. The molecule has 6 heteroatoms. The summed E-state index contributed by atoms with van der Waals surface area (Å²) in [5.74, 6) is 0.792. The molecule has 0 bridgehead atoms. The van der Waals surface area contributed by atoms with Crippen LogP contribution in [0.4, 0.5) is 19.0 Å². The Hall–Kier alpha value is -1.30. The molecule has 1 N–H and O–H groups in total. The van der Waals surface area contributed by atoms with Crippen LogP contribution in [0.3, 0.4) is 0 Å². The van der Waals surface area contributed by atoms with Crippen molar-refractivity contribution in [3.63, 3.8) is 0 Å². The lowest BCUT2D eigenvalue weighted by Crippen LogP contribution is -2.14. The zero-order chi connectivity index (χ0) is 14.3. The Labute approximate surface area is 111 Å². The van der Waals surface area contributed by atoms with Gasteiger partial charge in [0.05, 0.1) is 6.61 Å². The highest BCUT2D eigenvalue weighted by Gasteiger charge is 2.32. The van der Waals surface area contributed by atoms with E-state index in [9.17, 15) is 13.2 Å². The van der Waals surface area contributed by atoms with Crippen LogP contribution in [0.1, 0.15) is 26.0 Å². The Morgan fingerprint density at radius 1 is 1.26 bits per heavy atom. The van der Waals surface area contributed by atoms with Crippen LogP contribution in [0.5, 0.6) is 0 Å². The monoisotopic (exact) mass is 276 g/mol. The van der Waals surface area contributed by atoms with Crippen LogP contribution < -0.4 is 5.32 Å². The van der Waals surface area contributed by atoms with E-state index in [4.69, 9.17) is 4.74 Å². The fourth-order valence-corrected chi connectivity index (χ4v) is 1.36. The van der Waals surface area contributed by atoms with Gasteiger partial charge >= 0.3 is 6.18 Å². The van der Waals surface area contributed by atoms with Crippen molar-refractivity contribution >= 4 is 5.82 Å². The first kappa shape index (κ1) is 15.8. The van der Waals surface area contributed by atoms with E-state index >= 15 is 0 Å². The van der Waals surface area contributed by atoms with Crippen molar-refractivity contribution in [1.29, 1.82) is 0 Å². The summed E-state index contributed by atoms with van der Waals surface area (Å²) < 4.78 is 42.6. The lowest BCUT2D eigenvalue weighted by Gasteiger charge is -2.10. The molecule has 0 aliphatic carbocycles. The minimum atomic E-state index is -4.41. The maximum Gasteiger partial charge on any atom is 0.433 e. The number of nitrogens with zero attached hydrogens (tertiary/aromatic N) is 1. The number of ether oxygens (including phenoxy) is 1. The van der Waals surface area contributed by atoms with Crippen LogP contribution in [0.2, 0.25) is 0 Å². The van der Waals surface area contributed by atoms with Crippen molar-refractivity contribution in [2.75, 3.05) is 25.1 Å². The third-order valence-electron chi connectivity index (χ3n) is 2.43. The van der Waals surface area contributed by atoms with Gasteiger partial charge in [-0.3, -0.25) is 0 Å². The molecule has 0 aromatic carbocycles. The second-order valence-electron chi connectivity index (χ2n) is 4.63. The van der Waals surface area contributed by atoms with Gasteiger partial charge in [-0.15, -0.1) is 0 Å². The van der Waals surface area contributed by atoms with Gasteiger partial charge in [-0.1, -0.05) is 19.9 Å². The first-order chi connectivity index (χ1) is 8.89. The molecule has 0 fully saturated rings. The van der Waals surface area contributed by atoms with Crippen molar-refractivity contribution in [3.05, 3.63) is 23.9 Å². The highest BCUT2D eigenvalue weighted by molar-refractivity contribution is 5.35. The third-order valence-corrected chi connectivity index (χ3v) is 2.43. The van der Waals surface area contributed by atoms with Crippen molar-refractivity contribution in [3.8, 4) is 0 Å². The third kappa shape index (κ3) is 6.42. The molecule has 0 spiro atoms. The molecule has 0 saturated carbocycles. The molecule has 0 unspecified atom stereocenters. The predicted octanol–water partition coefficient (Wildman–Crippen LogP) is 3.58. The Balaban J connectivity index is 2.30. The fraction of sp³-hybridized carbons (Fsp3) is 0.615. The smallest absolute Gasteiger partial charge is 0.380 e. The molecule has 1 aromatic rings. The van der Waals surface area contributed by atoms with E-state index in [-0.39, 0.29) is 5.82 Å². The minimum absolute atomic E-state index is 0.210. The van der Waals surface area contributed by atoms with Gasteiger partial charge in [0.2, 0.25) is 0 Å². The average Bonchev–Trinajstić information content (AvgIpc) is 2.32. The molecule has 108 valence electrons. The molecular formula is C13H19F3N2O. The summed E-state index contributed by atoms with van der Waals surface area (Å²) in [6, 6.07) is 3.78. The zero-order valence-electron chi connectivity index (χ0n) is 11.1. The Morgan fingerprint density at radius 3 is 2.63 bits per heavy atom. The first-order valence-electron chi connectivity index (χ1n) is 6.25. The number of aromatic nitrogens is 1. The van der Waals surface area contributed by atoms with Gasteiger partial charge in [0, 0.05) is 13.2 Å². The Morgan fingerprint density at radius 2 is 2.00 bits per heavy atom. The van der Waals surface area contributed by atoms with Gasteiger partial charge in [0.15, 0.2) is 0 Å². The van der Waals surface area contributed by atoms with E-state index in [1.54, 1.807) is 0 Å². The SMILES string of the molecule is CC(C)CCOCCNc1cccc(C(F)(F)F)n1. The van der Waals surface area contributed by atoms with Crippen LogP contribution in [-0.4, -0.2) is 24.7 Å². The molecule has 0 aliphatic rings. The normalized spacial score (nSPS) is 11.9. The Bertz CT molecular complexity index is 380. The largest absolute Gasteiger partial charge is 0.433 e. The van der Waals surface area contributed by atoms with Gasteiger partial charge in [-0.25, -0.2) is 4.98 Å². The number of pyridine rings is 1. The van der Waals surface area contributed by atoms with Crippen LogP contribution >= 0.6 is 0 Å². The highest BCUT2D eigenvalue weighted by atomic mass is 19.4. The van der Waals surface area contributed by atoms with Crippen molar-refractivity contribution in [2.24, 2.45) is 5.92 Å². The molecule has 1 aromatic heterocycles. The highest BCUT2D eigenvalue weighted by Crippen LogP contribution is 2.27. The van der Waals surface area contributed by atoms with E-state index in [0.717, 1.165) is 12.5 Å². The standard InChI is InChI=1S/C13H19F3N2O/c1-10(2)6-8-19-9-7-17-12-5-3-4-11(18-12)13(14,15)16/h3-5,10H,6-9H2,1-2H3,(H,17,18). The van der Waals surface area contributed by atoms with Crippen LogP contribution in [0.25, 0.3) is 0 Å². The molecule has 3 nitrogen and oxygen atoms in total. The molecule has 0 amide bonds. The quantitative estimate of drug-likeness (QED) is 0.773. The molecule has 19 heavy (non-hydrogen) atoms. The molecule has 1 rings (SSSR count). The number of hydrogen-bond acceptors (Lipinski definition) is 3.